The van der Waals surface area contributed by atoms with E-state index in [1.807, 2.05) is 24.3 Å². The molecule has 4 N–H and O–H groups in total. The number of hydrogen-bond acceptors (Lipinski definition) is 10. The highest BCUT2D eigenvalue weighted by Gasteiger charge is 2.19. The Hall–Kier alpha value is -4.92. The number of anilines is 2. The summed E-state index contributed by atoms with van der Waals surface area (Å²) in [6.07, 6.45) is 1.27. The van der Waals surface area contributed by atoms with Gasteiger partial charge in [-0.3, -0.25) is 9.59 Å². The molecule has 2 amide bonds. The van der Waals surface area contributed by atoms with Gasteiger partial charge in [-0.25, -0.2) is 9.97 Å². The minimum atomic E-state index is -0.419. The van der Waals surface area contributed by atoms with Gasteiger partial charge in [0.2, 0.25) is 0 Å². The van der Waals surface area contributed by atoms with Gasteiger partial charge in [-0.1, -0.05) is 41.4 Å². The molecule has 2 aromatic heterocycles. The highest BCUT2D eigenvalue weighted by molar-refractivity contribution is 6.34. The van der Waals surface area contributed by atoms with Crippen LogP contribution in [-0.2, 0) is 9.47 Å². The number of carbonyl (C=O) groups excluding carboxylic acids is 2. The summed E-state index contributed by atoms with van der Waals surface area (Å²) >= 11 is 12.5. The maximum absolute atomic E-state index is 12.2. The number of halogens is 2. The smallest absolute Gasteiger partial charge is 0.274 e. The second kappa shape index (κ2) is 16.8. The summed E-state index contributed by atoms with van der Waals surface area (Å²) in [6.45, 7) is 4.46. The lowest BCUT2D eigenvalue weighted by atomic mass is 10.1. The van der Waals surface area contributed by atoms with Crippen LogP contribution in [0.4, 0.5) is 11.4 Å². The zero-order valence-electron chi connectivity index (χ0n) is 25.5. The van der Waals surface area contributed by atoms with Crippen LogP contribution >= 0.6 is 23.2 Å². The fraction of sp³-hybridized carbons (Fsp3) is 0.235. The van der Waals surface area contributed by atoms with Crippen LogP contribution in [-0.4, -0.2) is 61.2 Å². The molecule has 2 aromatic carbocycles. The fourth-order valence-corrected chi connectivity index (χ4v) is 5.29. The normalized spacial score (nSPS) is 17.1. The van der Waals surface area contributed by atoms with Crippen molar-refractivity contribution in [3.05, 3.63) is 117 Å². The van der Waals surface area contributed by atoms with Gasteiger partial charge in [0.15, 0.2) is 0 Å². The molecule has 6 rings (SSSR count). The zero-order valence-corrected chi connectivity index (χ0v) is 27.0. The summed E-state index contributed by atoms with van der Waals surface area (Å²) < 4.78 is 11.4. The van der Waals surface area contributed by atoms with Crippen LogP contribution in [0, 0.1) is 22.7 Å². The van der Waals surface area contributed by atoms with Crippen molar-refractivity contribution < 1.29 is 19.1 Å². The van der Waals surface area contributed by atoms with Gasteiger partial charge in [-0.15, -0.1) is 0 Å². The van der Waals surface area contributed by atoms with E-state index in [4.69, 9.17) is 43.2 Å². The summed E-state index contributed by atoms with van der Waals surface area (Å²) in [4.78, 5) is 32.4. The number of pyridine rings is 2. The molecule has 0 radical (unpaired) electrons. The first-order valence-corrected chi connectivity index (χ1v) is 15.7. The SMILES string of the molecule is N#Cc1ccc(C(=O)Nc2ccc([C@H]3CNCCO3)cc2Cl)nc1.N#Cc1cccc(C(=O)Nc2ccc([C@H]3CNCCO3)cc2Cl)n1. The van der Waals surface area contributed by atoms with E-state index in [0.717, 1.165) is 37.3 Å². The quantitative estimate of drug-likeness (QED) is 0.215. The largest absolute Gasteiger partial charge is 0.371 e. The second-order valence-electron chi connectivity index (χ2n) is 10.6. The lowest BCUT2D eigenvalue weighted by Gasteiger charge is -2.24. The molecule has 14 heteroatoms. The first-order valence-electron chi connectivity index (χ1n) is 14.9. The number of nitrogens with one attached hydrogen (secondary N) is 4. The third-order valence-electron chi connectivity index (χ3n) is 7.30. The van der Waals surface area contributed by atoms with Crippen LogP contribution in [0.15, 0.2) is 72.9 Å². The van der Waals surface area contributed by atoms with Crippen LogP contribution in [0.1, 0.15) is 55.6 Å². The van der Waals surface area contributed by atoms with Crippen LogP contribution in [0.3, 0.4) is 0 Å². The van der Waals surface area contributed by atoms with Gasteiger partial charge in [0, 0.05) is 32.4 Å². The molecule has 0 unspecified atom stereocenters. The first kappa shape index (κ1) is 34.4. The number of nitrogens with zero attached hydrogens (tertiary/aromatic N) is 4. The van der Waals surface area contributed by atoms with E-state index < -0.39 is 5.91 Å². The van der Waals surface area contributed by atoms with Gasteiger partial charge in [0.05, 0.1) is 52.4 Å². The summed E-state index contributed by atoms with van der Waals surface area (Å²) in [5.41, 5.74) is 3.86. The molecule has 0 bridgehead atoms. The van der Waals surface area contributed by atoms with Crippen LogP contribution in [0.5, 0.6) is 0 Å². The highest BCUT2D eigenvalue weighted by Crippen LogP contribution is 2.29. The van der Waals surface area contributed by atoms with Gasteiger partial charge < -0.3 is 30.7 Å². The molecule has 4 aromatic rings. The minimum absolute atomic E-state index is 0.0406. The molecule has 0 aliphatic carbocycles. The average Bonchev–Trinajstić information content (AvgIpc) is 3.14. The summed E-state index contributed by atoms with van der Waals surface area (Å²) in [5.74, 6) is -0.804. The Kier molecular flexibility index (Phi) is 12.0. The Morgan fingerprint density at radius 2 is 1.35 bits per heavy atom. The molecule has 0 saturated carbocycles. The number of benzene rings is 2. The molecular formula is C34H30Cl2N8O4. The number of hydrogen-bond donors (Lipinski definition) is 4. The average molecular weight is 686 g/mol. The molecule has 48 heavy (non-hydrogen) atoms. The van der Waals surface area contributed by atoms with Crippen molar-refractivity contribution in [1.29, 1.82) is 10.5 Å². The lowest BCUT2D eigenvalue weighted by molar-refractivity contribution is 0.0276. The first-order chi connectivity index (χ1) is 23.3. The van der Waals surface area contributed by atoms with Gasteiger partial charge >= 0.3 is 0 Å². The number of nitriles is 2. The zero-order chi connectivity index (χ0) is 33.9. The van der Waals surface area contributed by atoms with Crippen molar-refractivity contribution in [1.82, 2.24) is 20.6 Å². The van der Waals surface area contributed by atoms with Crippen molar-refractivity contribution >= 4 is 46.4 Å². The third-order valence-corrected chi connectivity index (χ3v) is 7.93. The summed E-state index contributed by atoms with van der Waals surface area (Å²) in [6, 6.07) is 22.4. The van der Waals surface area contributed by atoms with E-state index in [0.29, 0.717) is 40.2 Å². The van der Waals surface area contributed by atoms with Crippen molar-refractivity contribution in [2.45, 2.75) is 12.2 Å². The number of amides is 2. The predicted molar refractivity (Wildman–Crippen MR) is 180 cm³/mol. The molecule has 244 valence electrons. The maximum atomic E-state index is 12.2. The Balaban J connectivity index is 0.000000188. The van der Waals surface area contributed by atoms with Crippen molar-refractivity contribution in [2.75, 3.05) is 50.0 Å². The third kappa shape index (κ3) is 9.12. The molecule has 4 heterocycles. The second-order valence-corrected chi connectivity index (χ2v) is 11.4. The predicted octanol–water partition coefficient (Wildman–Crippen LogP) is 5.04. The molecule has 2 saturated heterocycles. The fourth-order valence-electron chi connectivity index (χ4n) is 4.82. The molecule has 2 atom stereocenters. The summed E-state index contributed by atoms with van der Waals surface area (Å²) in [7, 11) is 0. The van der Waals surface area contributed by atoms with Gasteiger partial charge in [-0.05, 0) is 59.7 Å². The number of aromatic nitrogens is 2. The monoisotopic (exact) mass is 684 g/mol. The van der Waals surface area contributed by atoms with E-state index in [9.17, 15) is 9.59 Å². The summed E-state index contributed by atoms with van der Waals surface area (Å²) in [5, 5.41) is 30.4. The van der Waals surface area contributed by atoms with E-state index in [1.54, 1.807) is 42.5 Å². The van der Waals surface area contributed by atoms with Crippen LogP contribution in [0.2, 0.25) is 10.0 Å². The Morgan fingerprint density at radius 1 is 0.771 bits per heavy atom. The van der Waals surface area contributed by atoms with Gasteiger partial charge in [0.25, 0.3) is 11.8 Å². The van der Waals surface area contributed by atoms with Gasteiger partial charge in [0.1, 0.15) is 29.2 Å². The molecule has 12 nitrogen and oxygen atoms in total. The number of morpholine rings is 2. The van der Waals surface area contributed by atoms with Crippen molar-refractivity contribution in [2.24, 2.45) is 0 Å². The molecule has 0 spiro atoms. The topological polar surface area (TPSA) is 174 Å². The molecule has 2 aliphatic rings. The highest BCUT2D eigenvalue weighted by atomic mass is 35.5. The van der Waals surface area contributed by atoms with E-state index in [-0.39, 0.29) is 35.2 Å². The van der Waals surface area contributed by atoms with Crippen molar-refractivity contribution in [3.63, 3.8) is 0 Å². The molecular weight excluding hydrogens is 655 g/mol. The number of carbonyl (C=O) groups is 2. The minimum Gasteiger partial charge on any atom is -0.371 e. The van der Waals surface area contributed by atoms with E-state index in [1.165, 1.54) is 18.3 Å². The van der Waals surface area contributed by atoms with Crippen molar-refractivity contribution in [3.8, 4) is 12.1 Å². The van der Waals surface area contributed by atoms with Crippen LogP contribution < -0.4 is 21.3 Å². The Labute approximate surface area is 287 Å². The number of ether oxygens (including phenoxy) is 2. The molecule has 2 fully saturated rings. The lowest BCUT2D eigenvalue weighted by Crippen LogP contribution is -2.33. The number of rotatable bonds is 6. The Morgan fingerprint density at radius 3 is 1.81 bits per heavy atom. The van der Waals surface area contributed by atoms with E-state index in [2.05, 4.69) is 31.2 Å². The van der Waals surface area contributed by atoms with Crippen LogP contribution in [0.25, 0.3) is 0 Å². The maximum Gasteiger partial charge on any atom is 0.274 e. The standard InChI is InChI=1S/2C17H15ClN4O2/c18-13-7-12(16-10-20-5-6-24-16)2-4-14(13)22-17(23)15-3-1-11(8-19)9-21-15;18-13-8-11(16-10-20-6-7-24-16)4-5-14(13)22-17(23)15-3-1-2-12(9-19)21-15/h1-4,7,9,16,20H,5-6,10H2,(H,22,23);1-5,8,16,20H,6-7,10H2,(H,22,23)/t2*16-/m11/s1. The Bertz CT molecular complexity index is 1850. The molecule has 2 aliphatic heterocycles. The van der Waals surface area contributed by atoms with Gasteiger partial charge in [-0.2, -0.15) is 10.5 Å². The van der Waals surface area contributed by atoms with E-state index >= 15 is 0 Å².